The molecule has 0 atom stereocenters. The maximum atomic E-state index is 12.3. The van der Waals surface area contributed by atoms with Gasteiger partial charge in [0.05, 0.1) is 7.11 Å². The number of methoxy groups -OCH3 is 1. The molecule has 0 radical (unpaired) electrons. The minimum atomic E-state index is -1.07. The Bertz CT molecular complexity index is 1060. The maximum Gasteiger partial charge on any atom is 0.407 e. The van der Waals surface area contributed by atoms with Crippen molar-refractivity contribution in [2.45, 2.75) is 12.5 Å². The van der Waals surface area contributed by atoms with Gasteiger partial charge in [-0.15, -0.1) is 0 Å². The van der Waals surface area contributed by atoms with Crippen LogP contribution in [0.15, 0.2) is 66.7 Å². The van der Waals surface area contributed by atoms with Gasteiger partial charge < -0.3 is 19.9 Å². The first-order valence-corrected chi connectivity index (χ1v) is 9.57. The van der Waals surface area contributed by atoms with Gasteiger partial charge in [0.15, 0.2) is 0 Å². The molecule has 152 valence electrons. The lowest BCUT2D eigenvalue weighted by atomic mass is 9.98. The first-order chi connectivity index (χ1) is 14.6. The van der Waals surface area contributed by atoms with E-state index in [0.29, 0.717) is 5.56 Å². The minimum absolute atomic E-state index is 0.00176. The quantitative estimate of drug-likeness (QED) is 0.636. The molecule has 6 heteroatoms. The Labute approximate surface area is 174 Å². The Balaban J connectivity index is 1.40. The van der Waals surface area contributed by atoms with E-state index in [1.165, 1.54) is 24.3 Å². The molecule has 1 amide bonds. The van der Waals surface area contributed by atoms with Gasteiger partial charge in [-0.05, 0) is 39.9 Å². The number of fused-ring (bicyclic) bond motifs is 3. The number of rotatable bonds is 6. The summed E-state index contributed by atoms with van der Waals surface area (Å²) in [5.74, 6) is -0.824. The number of benzene rings is 3. The lowest BCUT2D eigenvalue weighted by Gasteiger charge is -2.15. The zero-order valence-electron chi connectivity index (χ0n) is 16.4. The molecule has 0 spiro atoms. The smallest absolute Gasteiger partial charge is 0.407 e. The van der Waals surface area contributed by atoms with Gasteiger partial charge in [0.1, 0.15) is 17.9 Å². The lowest BCUT2D eigenvalue weighted by Crippen LogP contribution is -2.25. The van der Waals surface area contributed by atoms with Gasteiger partial charge in [-0.1, -0.05) is 54.6 Å². The van der Waals surface area contributed by atoms with Crippen LogP contribution in [0.3, 0.4) is 0 Å². The lowest BCUT2D eigenvalue weighted by molar-refractivity contribution is 0.0693. The van der Waals surface area contributed by atoms with E-state index in [1.807, 2.05) is 24.3 Å². The van der Waals surface area contributed by atoms with Crippen molar-refractivity contribution in [1.29, 1.82) is 0 Å². The van der Waals surface area contributed by atoms with E-state index in [2.05, 4.69) is 29.6 Å². The van der Waals surface area contributed by atoms with Gasteiger partial charge in [0.25, 0.3) is 0 Å². The van der Waals surface area contributed by atoms with Gasteiger partial charge in [-0.25, -0.2) is 9.59 Å². The first-order valence-electron chi connectivity index (χ1n) is 9.57. The average molecular weight is 403 g/mol. The summed E-state index contributed by atoms with van der Waals surface area (Å²) in [7, 11) is 1.41. The number of nitrogens with one attached hydrogen (secondary N) is 1. The van der Waals surface area contributed by atoms with E-state index in [9.17, 15) is 9.59 Å². The van der Waals surface area contributed by atoms with Crippen molar-refractivity contribution >= 4 is 12.1 Å². The molecule has 0 unspecified atom stereocenters. The zero-order valence-corrected chi connectivity index (χ0v) is 16.4. The summed E-state index contributed by atoms with van der Waals surface area (Å²) >= 11 is 0. The van der Waals surface area contributed by atoms with E-state index in [1.54, 1.807) is 12.1 Å². The van der Waals surface area contributed by atoms with Crippen molar-refractivity contribution in [1.82, 2.24) is 5.32 Å². The first kappa shape index (κ1) is 19.5. The second-order valence-electron chi connectivity index (χ2n) is 7.02. The largest absolute Gasteiger partial charge is 0.496 e. The molecule has 0 fully saturated rings. The van der Waals surface area contributed by atoms with Crippen LogP contribution in [0, 0.1) is 0 Å². The van der Waals surface area contributed by atoms with E-state index in [-0.39, 0.29) is 30.4 Å². The second-order valence-corrected chi connectivity index (χ2v) is 7.02. The fourth-order valence-corrected chi connectivity index (χ4v) is 3.85. The fraction of sp³-hybridized carbons (Fsp3) is 0.167. The van der Waals surface area contributed by atoms with Crippen LogP contribution < -0.4 is 10.1 Å². The number of amides is 1. The number of hydrogen-bond donors (Lipinski definition) is 2. The predicted octanol–water partition coefficient (Wildman–Crippen LogP) is 4.43. The second kappa shape index (κ2) is 8.29. The van der Waals surface area contributed by atoms with E-state index in [4.69, 9.17) is 14.6 Å². The Hall–Kier alpha value is -3.80. The van der Waals surface area contributed by atoms with Crippen molar-refractivity contribution in [3.63, 3.8) is 0 Å². The number of carboxylic acid groups (broad SMARTS) is 1. The highest BCUT2D eigenvalue weighted by Gasteiger charge is 2.28. The predicted molar refractivity (Wildman–Crippen MR) is 112 cm³/mol. The van der Waals surface area contributed by atoms with Crippen molar-refractivity contribution in [2.75, 3.05) is 13.7 Å². The van der Waals surface area contributed by atoms with E-state index in [0.717, 1.165) is 11.1 Å². The third kappa shape index (κ3) is 3.72. The molecule has 3 aromatic carbocycles. The van der Waals surface area contributed by atoms with Crippen molar-refractivity contribution < 1.29 is 24.2 Å². The number of aromatic carboxylic acids is 1. The Morgan fingerprint density at radius 3 is 2.20 bits per heavy atom. The monoisotopic (exact) mass is 403 g/mol. The third-order valence-electron chi connectivity index (χ3n) is 5.28. The van der Waals surface area contributed by atoms with Gasteiger partial charge >= 0.3 is 12.1 Å². The maximum absolute atomic E-state index is 12.3. The molecule has 3 aromatic rings. The standard InChI is InChI=1S/C24H21NO5/c1-29-22-12-15(10-11-20(22)23(26)27)13-25-24(28)30-14-21-18-8-4-2-6-16(18)17-7-3-5-9-19(17)21/h2-12,21H,13-14H2,1H3,(H,25,28)(H,26,27). The number of carbonyl (C=O) groups excluding carboxylic acids is 1. The molecule has 1 aliphatic rings. The number of carboxylic acids is 1. The highest BCUT2D eigenvalue weighted by molar-refractivity contribution is 5.91. The Kier molecular flexibility index (Phi) is 5.39. The van der Waals surface area contributed by atoms with E-state index < -0.39 is 12.1 Å². The molecule has 0 bridgehead atoms. The molecule has 0 saturated heterocycles. The van der Waals surface area contributed by atoms with Gasteiger partial charge in [0.2, 0.25) is 0 Å². The van der Waals surface area contributed by atoms with Crippen LogP contribution in [-0.2, 0) is 11.3 Å². The SMILES string of the molecule is COc1cc(CNC(=O)OCC2c3ccccc3-c3ccccc32)ccc1C(=O)O. The summed E-state index contributed by atoms with van der Waals surface area (Å²) in [5.41, 5.74) is 5.44. The average Bonchev–Trinajstić information content (AvgIpc) is 3.09. The Morgan fingerprint density at radius 1 is 0.967 bits per heavy atom. The van der Waals surface area contributed by atoms with Crippen molar-refractivity contribution in [3.05, 3.63) is 89.0 Å². The molecule has 2 N–H and O–H groups in total. The number of ether oxygens (including phenoxy) is 2. The van der Waals surface area contributed by atoms with E-state index >= 15 is 0 Å². The summed E-state index contributed by atoms with van der Waals surface area (Å²) in [4.78, 5) is 23.4. The van der Waals surface area contributed by atoms with Gasteiger partial charge in [-0.2, -0.15) is 0 Å². The Morgan fingerprint density at radius 2 is 1.60 bits per heavy atom. The molecule has 1 aliphatic carbocycles. The van der Waals surface area contributed by atoms with Gasteiger partial charge in [-0.3, -0.25) is 0 Å². The highest BCUT2D eigenvalue weighted by Crippen LogP contribution is 2.44. The molecular formula is C24H21NO5. The molecular weight excluding hydrogens is 382 g/mol. The number of carbonyl (C=O) groups is 2. The normalized spacial score (nSPS) is 12.0. The van der Waals surface area contributed by atoms with Crippen LogP contribution in [0.5, 0.6) is 5.75 Å². The van der Waals surface area contributed by atoms with Gasteiger partial charge in [0, 0.05) is 12.5 Å². The third-order valence-corrected chi connectivity index (χ3v) is 5.28. The highest BCUT2D eigenvalue weighted by atomic mass is 16.5. The van der Waals surface area contributed by atoms with Crippen LogP contribution in [0.2, 0.25) is 0 Å². The fourth-order valence-electron chi connectivity index (χ4n) is 3.85. The number of alkyl carbamates (subject to hydrolysis) is 1. The molecule has 0 heterocycles. The number of hydrogen-bond acceptors (Lipinski definition) is 4. The molecule has 30 heavy (non-hydrogen) atoms. The van der Waals surface area contributed by atoms with Crippen LogP contribution in [0.25, 0.3) is 11.1 Å². The minimum Gasteiger partial charge on any atom is -0.496 e. The van der Waals surface area contributed by atoms with Crippen molar-refractivity contribution in [2.24, 2.45) is 0 Å². The zero-order chi connectivity index (χ0) is 21.1. The van der Waals surface area contributed by atoms with Crippen LogP contribution in [0.1, 0.15) is 33.0 Å². The van der Waals surface area contributed by atoms with Crippen LogP contribution >= 0.6 is 0 Å². The summed E-state index contributed by atoms with van der Waals surface area (Å²) in [6.07, 6.45) is -0.529. The van der Waals surface area contributed by atoms with Crippen molar-refractivity contribution in [3.8, 4) is 16.9 Å². The van der Waals surface area contributed by atoms with Crippen LogP contribution in [-0.4, -0.2) is 30.9 Å². The molecule has 0 saturated carbocycles. The molecule has 4 rings (SSSR count). The molecule has 0 aromatic heterocycles. The summed E-state index contributed by atoms with van der Waals surface area (Å²) in [5, 5.41) is 11.9. The molecule has 6 nitrogen and oxygen atoms in total. The summed E-state index contributed by atoms with van der Waals surface area (Å²) < 4.78 is 10.6. The summed E-state index contributed by atoms with van der Waals surface area (Å²) in [6.45, 7) is 0.439. The topological polar surface area (TPSA) is 84.9 Å². The summed E-state index contributed by atoms with van der Waals surface area (Å²) in [6, 6.07) is 21.0. The molecule has 0 aliphatic heterocycles. The van der Waals surface area contributed by atoms with Crippen LogP contribution in [0.4, 0.5) is 4.79 Å².